The smallest absolute Gasteiger partial charge is 0.312 e. The van der Waals surface area contributed by atoms with Crippen molar-refractivity contribution in [3.05, 3.63) is 56.5 Å². The standard InChI is InChI=1S/C13H10ClFN2O3/c1-7-3-8(2)12(11(4-7)17(18)19)20-13-10(15)5-9(14)6-16-13/h3-6H,1-2H3. The van der Waals surface area contributed by atoms with Crippen LogP contribution in [-0.4, -0.2) is 9.91 Å². The first kappa shape index (κ1) is 14.2. The van der Waals surface area contributed by atoms with E-state index in [4.69, 9.17) is 16.3 Å². The van der Waals surface area contributed by atoms with Gasteiger partial charge in [0, 0.05) is 12.3 Å². The zero-order chi connectivity index (χ0) is 14.9. The van der Waals surface area contributed by atoms with Crippen LogP contribution in [0.1, 0.15) is 11.1 Å². The van der Waals surface area contributed by atoms with Crippen LogP contribution in [0.25, 0.3) is 0 Å². The van der Waals surface area contributed by atoms with Crippen LogP contribution in [0, 0.1) is 29.8 Å². The van der Waals surface area contributed by atoms with Crippen LogP contribution in [0.5, 0.6) is 11.6 Å². The second-order valence-electron chi connectivity index (χ2n) is 4.23. The Morgan fingerprint density at radius 3 is 2.65 bits per heavy atom. The molecule has 2 rings (SSSR count). The largest absolute Gasteiger partial charge is 0.429 e. The molecule has 0 saturated carbocycles. The van der Waals surface area contributed by atoms with Gasteiger partial charge in [0.05, 0.1) is 9.95 Å². The molecule has 104 valence electrons. The summed E-state index contributed by atoms with van der Waals surface area (Å²) in [5.74, 6) is -1.18. The third-order valence-corrected chi connectivity index (χ3v) is 2.78. The van der Waals surface area contributed by atoms with Gasteiger partial charge >= 0.3 is 5.69 Å². The van der Waals surface area contributed by atoms with E-state index >= 15 is 0 Å². The minimum atomic E-state index is -0.785. The normalized spacial score (nSPS) is 10.4. The fourth-order valence-electron chi connectivity index (χ4n) is 1.77. The van der Waals surface area contributed by atoms with Gasteiger partial charge in [-0.15, -0.1) is 0 Å². The Balaban J connectivity index is 2.50. The number of rotatable bonds is 3. The third kappa shape index (κ3) is 2.85. The highest BCUT2D eigenvalue weighted by molar-refractivity contribution is 6.30. The second-order valence-corrected chi connectivity index (χ2v) is 4.67. The molecule has 1 aromatic heterocycles. The maximum atomic E-state index is 13.6. The van der Waals surface area contributed by atoms with Gasteiger partial charge in [-0.25, -0.2) is 9.37 Å². The lowest BCUT2D eigenvalue weighted by molar-refractivity contribution is -0.385. The summed E-state index contributed by atoms with van der Waals surface area (Å²) in [5, 5.41) is 11.2. The lowest BCUT2D eigenvalue weighted by Gasteiger charge is -2.10. The summed E-state index contributed by atoms with van der Waals surface area (Å²) in [6, 6.07) is 4.09. The highest BCUT2D eigenvalue weighted by Crippen LogP contribution is 2.36. The number of aryl methyl sites for hydroxylation is 2. The highest BCUT2D eigenvalue weighted by atomic mass is 35.5. The van der Waals surface area contributed by atoms with Crippen molar-refractivity contribution in [2.24, 2.45) is 0 Å². The van der Waals surface area contributed by atoms with E-state index in [1.54, 1.807) is 19.9 Å². The molecule has 0 N–H and O–H groups in total. The van der Waals surface area contributed by atoms with Crippen molar-refractivity contribution in [3.63, 3.8) is 0 Å². The van der Waals surface area contributed by atoms with E-state index in [1.165, 1.54) is 12.3 Å². The summed E-state index contributed by atoms with van der Waals surface area (Å²) in [7, 11) is 0. The number of pyridine rings is 1. The maximum absolute atomic E-state index is 13.6. The van der Waals surface area contributed by atoms with E-state index in [2.05, 4.69) is 4.98 Å². The molecule has 0 aliphatic rings. The second kappa shape index (κ2) is 5.42. The molecule has 1 aromatic carbocycles. The van der Waals surface area contributed by atoms with Crippen LogP contribution in [0.3, 0.4) is 0 Å². The molecule has 0 radical (unpaired) electrons. The van der Waals surface area contributed by atoms with Crippen LogP contribution in [0.15, 0.2) is 24.4 Å². The predicted molar refractivity (Wildman–Crippen MR) is 71.8 cm³/mol. The van der Waals surface area contributed by atoms with E-state index in [0.717, 1.165) is 6.07 Å². The van der Waals surface area contributed by atoms with Crippen LogP contribution < -0.4 is 4.74 Å². The molecule has 0 bridgehead atoms. The lowest BCUT2D eigenvalue weighted by atomic mass is 10.1. The van der Waals surface area contributed by atoms with E-state index in [-0.39, 0.29) is 22.3 Å². The zero-order valence-electron chi connectivity index (χ0n) is 10.7. The molecule has 0 fully saturated rings. The van der Waals surface area contributed by atoms with Crippen molar-refractivity contribution in [2.45, 2.75) is 13.8 Å². The van der Waals surface area contributed by atoms with Crippen LogP contribution >= 0.6 is 11.6 Å². The van der Waals surface area contributed by atoms with Gasteiger partial charge in [0.2, 0.25) is 5.75 Å². The third-order valence-electron chi connectivity index (χ3n) is 2.57. The number of ether oxygens (including phenoxy) is 1. The molecule has 0 aliphatic heterocycles. The number of aromatic nitrogens is 1. The molecule has 0 atom stereocenters. The van der Waals surface area contributed by atoms with Crippen molar-refractivity contribution in [2.75, 3.05) is 0 Å². The number of nitrogens with zero attached hydrogens (tertiary/aromatic N) is 2. The Hall–Kier alpha value is -2.21. The molecule has 1 heterocycles. The quantitative estimate of drug-likeness (QED) is 0.629. The predicted octanol–water partition coefficient (Wildman–Crippen LogP) is 4.19. The van der Waals surface area contributed by atoms with Gasteiger partial charge in [0.1, 0.15) is 0 Å². The summed E-state index contributed by atoms with van der Waals surface area (Å²) < 4.78 is 18.9. The maximum Gasteiger partial charge on any atom is 0.312 e. The average molecular weight is 297 g/mol. The molecule has 20 heavy (non-hydrogen) atoms. The van der Waals surface area contributed by atoms with Gasteiger partial charge in [-0.05, 0) is 31.0 Å². The summed E-state index contributed by atoms with van der Waals surface area (Å²) in [6.07, 6.45) is 1.20. The van der Waals surface area contributed by atoms with E-state index < -0.39 is 10.7 Å². The van der Waals surface area contributed by atoms with E-state index in [9.17, 15) is 14.5 Å². The van der Waals surface area contributed by atoms with Gasteiger partial charge in [0.15, 0.2) is 5.82 Å². The van der Waals surface area contributed by atoms with Gasteiger partial charge < -0.3 is 4.74 Å². The molecule has 2 aromatic rings. The molecule has 0 spiro atoms. The Morgan fingerprint density at radius 2 is 2.05 bits per heavy atom. The van der Waals surface area contributed by atoms with Gasteiger partial charge in [-0.1, -0.05) is 17.7 Å². The number of benzene rings is 1. The van der Waals surface area contributed by atoms with Gasteiger partial charge in [0.25, 0.3) is 5.88 Å². The van der Waals surface area contributed by atoms with Crippen molar-refractivity contribution in [1.29, 1.82) is 0 Å². The van der Waals surface area contributed by atoms with E-state index in [1.807, 2.05) is 0 Å². The van der Waals surface area contributed by atoms with Crippen LogP contribution in [0.2, 0.25) is 5.02 Å². The topological polar surface area (TPSA) is 65.3 Å². The summed E-state index contributed by atoms with van der Waals surface area (Å²) >= 11 is 5.59. The van der Waals surface area contributed by atoms with Gasteiger partial charge in [-0.3, -0.25) is 10.1 Å². The van der Waals surface area contributed by atoms with Crippen molar-refractivity contribution in [3.8, 4) is 11.6 Å². The summed E-state index contributed by atoms with van der Waals surface area (Å²) in [6.45, 7) is 3.37. The Kier molecular flexibility index (Phi) is 3.85. The first-order valence-corrected chi connectivity index (χ1v) is 6.01. The summed E-state index contributed by atoms with van der Waals surface area (Å²) in [5.41, 5.74) is 0.998. The fourth-order valence-corrected chi connectivity index (χ4v) is 1.92. The molecule has 0 saturated heterocycles. The Bertz CT molecular complexity index is 692. The lowest BCUT2D eigenvalue weighted by Crippen LogP contribution is -1.99. The van der Waals surface area contributed by atoms with Crippen LogP contribution in [0.4, 0.5) is 10.1 Å². The fraction of sp³-hybridized carbons (Fsp3) is 0.154. The molecular weight excluding hydrogens is 287 g/mol. The number of nitro benzene ring substituents is 1. The van der Waals surface area contributed by atoms with Crippen LogP contribution in [-0.2, 0) is 0 Å². The average Bonchev–Trinajstić information content (AvgIpc) is 2.34. The molecule has 7 heteroatoms. The van der Waals surface area contributed by atoms with E-state index in [0.29, 0.717) is 11.1 Å². The first-order valence-electron chi connectivity index (χ1n) is 5.63. The number of halogens is 2. The molecule has 0 aliphatic carbocycles. The van der Waals surface area contributed by atoms with Gasteiger partial charge in [-0.2, -0.15) is 0 Å². The highest BCUT2D eigenvalue weighted by Gasteiger charge is 2.21. The molecule has 0 unspecified atom stereocenters. The Labute approximate surface area is 119 Å². The number of nitro groups is 1. The minimum Gasteiger partial charge on any atom is -0.429 e. The number of hydrogen-bond donors (Lipinski definition) is 0. The molecule has 5 nitrogen and oxygen atoms in total. The zero-order valence-corrected chi connectivity index (χ0v) is 11.4. The first-order chi connectivity index (χ1) is 9.38. The number of hydrogen-bond acceptors (Lipinski definition) is 4. The summed E-state index contributed by atoms with van der Waals surface area (Å²) in [4.78, 5) is 14.2. The van der Waals surface area contributed by atoms with Crippen molar-refractivity contribution < 1.29 is 14.1 Å². The minimum absolute atomic E-state index is 0.0330. The SMILES string of the molecule is Cc1cc(C)c(Oc2ncc(Cl)cc2F)c([N+](=O)[O-])c1. The van der Waals surface area contributed by atoms with Crippen molar-refractivity contribution in [1.82, 2.24) is 4.98 Å². The Morgan fingerprint density at radius 1 is 1.35 bits per heavy atom. The molecule has 0 amide bonds. The monoisotopic (exact) mass is 296 g/mol. The van der Waals surface area contributed by atoms with Crippen molar-refractivity contribution >= 4 is 17.3 Å². The molecular formula is C13H10ClFN2O3.